The van der Waals surface area contributed by atoms with Crippen molar-refractivity contribution in [3.8, 4) is 0 Å². The fourth-order valence-electron chi connectivity index (χ4n) is 3.83. The average Bonchev–Trinajstić information content (AvgIpc) is 2.43. The average molecular weight is 284 g/mol. The molecule has 0 bridgehead atoms. The minimum atomic E-state index is -0.0219. The molecule has 1 rings (SSSR count). The maximum atomic E-state index is 6.23. The fourth-order valence-corrected chi connectivity index (χ4v) is 3.83. The van der Waals surface area contributed by atoms with Crippen LogP contribution in [0.2, 0.25) is 0 Å². The minimum absolute atomic E-state index is 0.0219. The highest BCUT2D eigenvalue weighted by Crippen LogP contribution is 2.39. The van der Waals surface area contributed by atoms with Crippen LogP contribution < -0.4 is 11.3 Å². The summed E-state index contributed by atoms with van der Waals surface area (Å²) in [5, 5.41) is 0. The van der Waals surface area contributed by atoms with Crippen LogP contribution in [0.25, 0.3) is 0 Å². The van der Waals surface area contributed by atoms with Gasteiger partial charge < -0.3 is 4.74 Å². The highest BCUT2D eigenvalue weighted by Gasteiger charge is 2.41. The molecule has 1 saturated carbocycles. The third-order valence-electron chi connectivity index (χ3n) is 4.86. The van der Waals surface area contributed by atoms with Crippen molar-refractivity contribution in [1.29, 1.82) is 0 Å². The molecule has 0 aliphatic heterocycles. The van der Waals surface area contributed by atoms with Crippen LogP contribution in [0.15, 0.2) is 0 Å². The molecule has 0 heterocycles. The van der Waals surface area contributed by atoms with E-state index in [4.69, 9.17) is 10.6 Å². The first-order valence-electron chi connectivity index (χ1n) is 8.78. The van der Waals surface area contributed by atoms with E-state index in [1.807, 2.05) is 0 Å². The van der Waals surface area contributed by atoms with Crippen molar-refractivity contribution < 1.29 is 4.74 Å². The molecule has 0 aromatic heterocycles. The molecule has 3 nitrogen and oxygen atoms in total. The molecule has 0 saturated heterocycles. The van der Waals surface area contributed by atoms with E-state index in [9.17, 15) is 0 Å². The number of hydrazine groups is 1. The normalized spacial score (nSPS) is 28.5. The van der Waals surface area contributed by atoms with Gasteiger partial charge in [0, 0.05) is 6.61 Å². The van der Waals surface area contributed by atoms with E-state index in [1.54, 1.807) is 0 Å². The van der Waals surface area contributed by atoms with Gasteiger partial charge in [-0.1, -0.05) is 58.8 Å². The van der Waals surface area contributed by atoms with Crippen LogP contribution in [0.3, 0.4) is 0 Å². The van der Waals surface area contributed by atoms with Gasteiger partial charge in [0.05, 0.1) is 11.6 Å². The maximum Gasteiger partial charge on any atom is 0.0850 e. The van der Waals surface area contributed by atoms with Gasteiger partial charge in [0.1, 0.15) is 0 Å². The Hall–Kier alpha value is -0.120. The van der Waals surface area contributed by atoms with Crippen molar-refractivity contribution >= 4 is 0 Å². The van der Waals surface area contributed by atoms with Crippen LogP contribution in [-0.4, -0.2) is 18.2 Å². The number of hydrogen-bond acceptors (Lipinski definition) is 3. The van der Waals surface area contributed by atoms with Crippen LogP contribution in [0.4, 0.5) is 0 Å². The lowest BCUT2D eigenvalue weighted by atomic mass is 9.73. The summed E-state index contributed by atoms with van der Waals surface area (Å²) in [6.07, 6.45) is 12.7. The Balaban J connectivity index is 2.52. The zero-order chi connectivity index (χ0) is 14.8. The van der Waals surface area contributed by atoms with Crippen molar-refractivity contribution in [1.82, 2.24) is 5.43 Å². The molecule has 0 aromatic carbocycles. The second-order valence-electron chi connectivity index (χ2n) is 6.62. The van der Waals surface area contributed by atoms with E-state index >= 15 is 0 Å². The van der Waals surface area contributed by atoms with Gasteiger partial charge in [-0.2, -0.15) is 0 Å². The molecule has 3 heteroatoms. The Morgan fingerprint density at radius 3 is 2.60 bits per heavy atom. The fraction of sp³-hybridized carbons (Fsp3) is 1.00. The zero-order valence-electron chi connectivity index (χ0n) is 13.9. The molecular formula is C17H36N2O. The second-order valence-corrected chi connectivity index (χ2v) is 6.62. The van der Waals surface area contributed by atoms with E-state index in [-0.39, 0.29) is 5.60 Å². The van der Waals surface area contributed by atoms with Gasteiger partial charge >= 0.3 is 0 Å². The molecule has 0 aromatic rings. The van der Waals surface area contributed by atoms with Gasteiger partial charge in [-0.15, -0.1) is 0 Å². The maximum absolute atomic E-state index is 6.23. The van der Waals surface area contributed by atoms with Crippen LogP contribution >= 0.6 is 0 Å². The van der Waals surface area contributed by atoms with Gasteiger partial charge in [-0.3, -0.25) is 11.3 Å². The zero-order valence-corrected chi connectivity index (χ0v) is 13.9. The summed E-state index contributed by atoms with van der Waals surface area (Å²) in [5.74, 6) is 6.63. The van der Waals surface area contributed by atoms with E-state index in [2.05, 4.69) is 26.2 Å². The third kappa shape index (κ3) is 5.34. The number of rotatable bonds is 10. The van der Waals surface area contributed by atoms with Crippen LogP contribution in [0.5, 0.6) is 0 Å². The standard InChI is InChI=1S/C17H36N2O/c1-4-6-7-8-9-12-16(19-18)17(20-5-2)13-10-11-15(3)14-17/h15-16,19H,4-14,18H2,1-3H3. The molecule has 1 fully saturated rings. The van der Waals surface area contributed by atoms with Gasteiger partial charge in [0.15, 0.2) is 0 Å². The summed E-state index contributed by atoms with van der Waals surface area (Å²) in [6.45, 7) is 7.51. The first-order chi connectivity index (χ1) is 9.68. The second kappa shape index (κ2) is 9.75. The lowest BCUT2D eigenvalue weighted by Crippen LogP contribution is -2.56. The summed E-state index contributed by atoms with van der Waals surface area (Å²) >= 11 is 0. The molecule has 0 radical (unpaired) electrons. The van der Waals surface area contributed by atoms with E-state index in [0.717, 1.165) is 31.8 Å². The van der Waals surface area contributed by atoms with E-state index in [1.165, 1.54) is 44.9 Å². The predicted molar refractivity (Wildman–Crippen MR) is 86.5 cm³/mol. The van der Waals surface area contributed by atoms with Crippen molar-refractivity contribution in [2.45, 2.75) is 96.6 Å². The smallest absolute Gasteiger partial charge is 0.0850 e. The summed E-state index contributed by atoms with van der Waals surface area (Å²) < 4.78 is 6.23. The van der Waals surface area contributed by atoms with Crippen molar-refractivity contribution in [3.63, 3.8) is 0 Å². The molecule has 120 valence electrons. The number of unbranched alkanes of at least 4 members (excludes halogenated alkanes) is 4. The van der Waals surface area contributed by atoms with E-state index in [0.29, 0.717) is 6.04 Å². The van der Waals surface area contributed by atoms with Crippen molar-refractivity contribution in [2.75, 3.05) is 6.61 Å². The molecule has 0 amide bonds. The monoisotopic (exact) mass is 284 g/mol. The quantitative estimate of drug-likeness (QED) is 0.360. The third-order valence-corrected chi connectivity index (χ3v) is 4.86. The molecule has 20 heavy (non-hydrogen) atoms. The molecule has 1 aliphatic rings. The van der Waals surface area contributed by atoms with Crippen LogP contribution in [-0.2, 0) is 4.74 Å². The summed E-state index contributed by atoms with van der Waals surface area (Å²) in [6, 6.07) is 0.312. The Morgan fingerprint density at radius 1 is 1.25 bits per heavy atom. The lowest BCUT2D eigenvalue weighted by molar-refractivity contribution is -0.102. The number of nitrogens with two attached hydrogens (primary N) is 1. The van der Waals surface area contributed by atoms with Crippen LogP contribution in [0, 0.1) is 5.92 Å². The van der Waals surface area contributed by atoms with Gasteiger partial charge in [-0.25, -0.2) is 0 Å². The summed E-state index contributed by atoms with van der Waals surface area (Å²) in [4.78, 5) is 0. The molecule has 0 spiro atoms. The molecule has 3 N–H and O–H groups in total. The Bertz CT molecular complexity index is 243. The molecule has 3 unspecified atom stereocenters. The number of hydrogen-bond donors (Lipinski definition) is 2. The topological polar surface area (TPSA) is 47.3 Å². The predicted octanol–water partition coefficient (Wildman–Crippen LogP) is 4.16. The van der Waals surface area contributed by atoms with Gasteiger partial charge in [0.2, 0.25) is 0 Å². The largest absolute Gasteiger partial charge is 0.374 e. The highest BCUT2D eigenvalue weighted by molar-refractivity contribution is 4.96. The molecule has 1 aliphatic carbocycles. The summed E-state index contributed by atoms with van der Waals surface area (Å²) in [7, 11) is 0. The lowest BCUT2D eigenvalue weighted by Gasteiger charge is -2.45. The molecule has 3 atom stereocenters. The highest BCUT2D eigenvalue weighted by atomic mass is 16.5. The van der Waals surface area contributed by atoms with E-state index < -0.39 is 0 Å². The molecular weight excluding hydrogens is 248 g/mol. The van der Waals surface area contributed by atoms with Gasteiger partial charge in [0.25, 0.3) is 0 Å². The Kier molecular flexibility index (Phi) is 8.74. The summed E-state index contributed by atoms with van der Waals surface area (Å²) in [5.41, 5.74) is 3.06. The Morgan fingerprint density at radius 2 is 2.00 bits per heavy atom. The first-order valence-corrected chi connectivity index (χ1v) is 8.78. The Labute approximate surface area is 126 Å². The first kappa shape index (κ1) is 17.9. The minimum Gasteiger partial charge on any atom is -0.374 e. The van der Waals surface area contributed by atoms with Crippen LogP contribution in [0.1, 0.15) is 85.0 Å². The SMILES string of the molecule is CCCCCCCC(NN)C1(OCC)CCCC(C)C1. The van der Waals surface area contributed by atoms with Crippen molar-refractivity contribution in [3.05, 3.63) is 0 Å². The number of nitrogens with one attached hydrogen (secondary N) is 1. The van der Waals surface area contributed by atoms with Crippen molar-refractivity contribution in [2.24, 2.45) is 11.8 Å². The number of ether oxygens (including phenoxy) is 1. The van der Waals surface area contributed by atoms with Gasteiger partial charge in [-0.05, 0) is 32.1 Å².